The van der Waals surface area contributed by atoms with E-state index in [1.54, 1.807) is 0 Å². The summed E-state index contributed by atoms with van der Waals surface area (Å²) in [5.74, 6) is 5.13. The lowest BCUT2D eigenvalue weighted by Crippen LogP contribution is -2.49. The van der Waals surface area contributed by atoms with Gasteiger partial charge in [-0.2, -0.15) is 0 Å². The standard InChI is InChI=1S/C17H27N3/c1-3-4-14-15(18)20(2)16(19-14)17-8-11-5-12(9-17)7-13(6-11)10-17/h11-13H,3-10,18H2,1-2H3. The van der Waals surface area contributed by atoms with Gasteiger partial charge in [0.05, 0.1) is 5.69 Å². The molecule has 3 nitrogen and oxygen atoms in total. The highest BCUT2D eigenvalue weighted by atomic mass is 15.1. The van der Waals surface area contributed by atoms with E-state index in [-0.39, 0.29) is 0 Å². The average molecular weight is 273 g/mol. The average Bonchev–Trinajstić information content (AvgIpc) is 2.67. The maximum absolute atomic E-state index is 6.31. The number of nitrogen functional groups attached to an aromatic ring is 1. The summed E-state index contributed by atoms with van der Waals surface area (Å²) in [5.41, 5.74) is 7.81. The van der Waals surface area contributed by atoms with E-state index in [2.05, 4.69) is 18.5 Å². The van der Waals surface area contributed by atoms with Crippen molar-refractivity contribution in [3.8, 4) is 0 Å². The number of aromatic nitrogens is 2. The quantitative estimate of drug-likeness (QED) is 0.917. The maximum Gasteiger partial charge on any atom is 0.126 e. The van der Waals surface area contributed by atoms with E-state index in [1.165, 1.54) is 44.3 Å². The molecule has 0 aromatic carbocycles. The zero-order chi connectivity index (χ0) is 13.9. The van der Waals surface area contributed by atoms with Crippen LogP contribution in [0.15, 0.2) is 0 Å². The van der Waals surface area contributed by atoms with E-state index < -0.39 is 0 Å². The molecule has 0 atom stereocenters. The Hall–Kier alpha value is -0.990. The number of nitrogens with zero attached hydrogens (tertiary/aromatic N) is 2. The first-order chi connectivity index (χ1) is 9.61. The number of rotatable bonds is 3. The number of hydrogen-bond donors (Lipinski definition) is 1. The molecule has 4 fully saturated rings. The minimum absolute atomic E-state index is 0.365. The molecule has 1 aromatic rings. The maximum atomic E-state index is 6.31. The molecule has 0 spiro atoms. The van der Waals surface area contributed by atoms with Gasteiger partial charge in [-0.05, 0) is 62.7 Å². The summed E-state index contributed by atoms with van der Waals surface area (Å²) in [6.45, 7) is 2.21. The molecule has 4 saturated carbocycles. The molecular weight excluding hydrogens is 246 g/mol. The molecule has 20 heavy (non-hydrogen) atoms. The van der Waals surface area contributed by atoms with Crippen molar-refractivity contribution in [1.82, 2.24) is 9.55 Å². The van der Waals surface area contributed by atoms with Crippen molar-refractivity contribution >= 4 is 5.82 Å². The van der Waals surface area contributed by atoms with Gasteiger partial charge in [0.25, 0.3) is 0 Å². The van der Waals surface area contributed by atoms with Gasteiger partial charge in [0, 0.05) is 12.5 Å². The van der Waals surface area contributed by atoms with Crippen LogP contribution in [0.5, 0.6) is 0 Å². The molecule has 110 valence electrons. The third kappa shape index (κ3) is 1.68. The van der Waals surface area contributed by atoms with Crippen molar-refractivity contribution in [2.45, 2.75) is 63.7 Å². The number of anilines is 1. The SMILES string of the molecule is CCCc1nc(C23CC4CC(CC(C4)C2)C3)n(C)c1N. The summed E-state index contributed by atoms with van der Waals surface area (Å²) >= 11 is 0. The topological polar surface area (TPSA) is 43.8 Å². The van der Waals surface area contributed by atoms with E-state index in [9.17, 15) is 0 Å². The normalized spacial score (nSPS) is 38.6. The first-order valence-electron chi connectivity index (χ1n) is 8.43. The molecule has 0 amide bonds. The fourth-order valence-corrected chi connectivity index (χ4v) is 5.85. The second kappa shape index (κ2) is 4.25. The Balaban J connectivity index is 1.75. The molecule has 4 aliphatic rings. The van der Waals surface area contributed by atoms with E-state index in [0.29, 0.717) is 5.41 Å². The van der Waals surface area contributed by atoms with Crippen LogP contribution in [0.3, 0.4) is 0 Å². The Kier molecular flexibility index (Phi) is 2.71. The molecule has 0 aliphatic heterocycles. The van der Waals surface area contributed by atoms with Crippen LogP contribution in [0.25, 0.3) is 0 Å². The predicted octanol–water partition coefficient (Wildman–Crippen LogP) is 3.42. The summed E-state index contributed by atoms with van der Waals surface area (Å²) < 4.78 is 2.22. The molecule has 1 heterocycles. The van der Waals surface area contributed by atoms with E-state index >= 15 is 0 Å². The van der Waals surface area contributed by atoms with Gasteiger partial charge in [-0.1, -0.05) is 13.3 Å². The molecule has 1 aromatic heterocycles. The summed E-state index contributed by atoms with van der Waals surface area (Å²) in [6.07, 6.45) is 10.7. The van der Waals surface area contributed by atoms with Gasteiger partial charge < -0.3 is 10.3 Å². The van der Waals surface area contributed by atoms with E-state index in [1.807, 2.05) is 0 Å². The molecule has 4 aliphatic carbocycles. The first-order valence-corrected chi connectivity index (χ1v) is 8.43. The molecule has 2 N–H and O–H groups in total. The Morgan fingerprint density at radius 1 is 1.15 bits per heavy atom. The van der Waals surface area contributed by atoms with E-state index in [0.717, 1.165) is 42.1 Å². The molecule has 4 bridgehead atoms. The molecular formula is C17H27N3. The molecule has 3 heteroatoms. The lowest BCUT2D eigenvalue weighted by atomic mass is 9.49. The highest BCUT2D eigenvalue weighted by Gasteiger charge is 2.53. The van der Waals surface area contributed by atoms with Gasteiger partial charge >= 0.3 is 0 Å². The van der Waals surface area contributed by atoms with Crippen LogP contribution in [-0.2, 0) is 18.9 Å². The number of aryl methyl sites for hydroxylation is 1. The predicted molar refractivity (Wildman–Crippen MR) is 81.5 cm³/mol. The minimum atomic E-state index is 0.365. The number of nitrogens with two attached hydrogens (primary N) is 1. The van der Waals surface area contributed by atoms with Crippen LogP contribution < -0.4 is 5.73 Å². The van der Waals surface area contributed by atoms with Gasteiger partial charge in [0.2, 0.25) is 0 Å². The highest BCUT2D eigenvalue weighted by Crippen LogP contribution is 2.60. The van der Waals surface area contributed by atoms with Gasteiger partial charge in [-0.15, -0.1) is 0 Å². The van der Waals surface area contributed by atoms with Crippen molar-refractivity contribution in [1.29, 1.82) is 0 Å². The van der Waals surface area contributed by atoms with E-state index in [4.69, 9.17) is 10.7 Å². The summed E-state index contributed by atoms with van der Waals surface area (Å²) in [7, 11) is 2.13. The van der Waals surface area contributed by atoms with Gasteiger partial charge in [0.1, 0.15) is 11.6 Å². The van der Waals surface area contributed by atoms with Crippen LogP contribution in [0, 0.1) is 17.8 Å². The third-order valence-corrected chi connectivity index (χ3v) is 6.21. The fraction of sp³-hybridized carbons (Fsp3) is 0.824. The van der Waals surface area contributed by atoms with Crippen LogP contribution in [0.4, 0.5) is 5.82 Å². The van der Waals surface area contributed by atoms with Crippen molar-refractivity contribution in [2.24, 2.45) is 24.8 Å². The first kappa shape index (κ1) is 12.7. The van der Waals surface area contributed by atoms with Crippen LogP contribution in [-0.4, -0.2) is 9.55 Å². The summed E-state index contributed by atoms with van der Waals surface area (Å²) in [4.78, 5) is 5.03. The molecule has 0 unspecified atom stereocenters. The molecule has 5 rings (SSSR count). The zero-order valence-electron chi connectivity index (χ0n) is 12.9. The fourth-order valence-electron chi connectivity index (χ4n) is 5.85. The lowest BCUT2D eigenvalue weighted by molar-refractivity contribution is -0.0105. The van der Waals surface area contributed by atoms with Crippen molar-refractivity contribution in [3.63, 3.8) is 0 Å². The van der Waals surface area contributed by atoms with Gasteiger partial charge in [0.15, 0.2) is 0 Å². The second-order valence-corrected chi connectivity index (χ2v) is 7.77. The largest absolute Gasteiger partial charge is 0.384 e. The Bertz CT molecular complexity index is 493. The van der Waals surface area contributed by atoms with Crippen LogP contribution in [0.1, 0.15) is 63.4 Å². The van der Waals surface area contributed by atoms with Gasteiger partial charge in [-0.3, -0.25) is 0 Å². The number of imidazole rings is 1. The Morgan fingerprint density at radius 2 is 1.70 bits per heavy atom. The van der Waals surface area contributed by atoms with Crippen LogP contribution in [0.2, 0.25) is 0 Å². The van der Waals surface area contributed by atoms with Gasteiger partial charge in [-0.25, -0.2) is 4.98 Å². The third-order valence-electron chi connectivity index (χ3n) is 6.21. The monoisotopic (exact) mass is 273 g/mol. The highest BCUT2D eigenvalue weighted by molar-refractivity contribution is 5.40. The number of hydrogen-bond acceptors (Lipinski definition) is 2. The van der Waals surface area contributed by atoms with Crippen molar-refractivity contribution in [3.05, 3.63) is 11.5 Å². The summed E-state index contributed by atoms with van der Waals surface area (Å²) in [6, 6.07) is 0. The van der Waals surface area contributed by atoms with Crippen molar-refractivity contribution in [2.75, 3.05) is 5.73 Å². The smallest absolute Gasteiger partial charge is 0.126 e. The van der Waals surface area contributed by atoms with Crippen LogP contribution >= 0.6 is 0 Å². The zero-order valence-corrected chi connectivity index (χ0v) is 12.9. The Morgan fingerprint density at radius 3 is 2.20 bits per heavy atom. The minimum Gasteiger partial charge on any atom is -0.384 e. The molecule has 0 saturated heterocycles. The lowest BCUT2D eigenvalue weighted by Gasteiger charge is -2.56. The van der Waals surface area contributed by atoms with Crippen molar-refractivity contribution < 1.29 is 0 Å². The summed E-state index contributed by atoms with van der Waals surface area (Å²) in [5, 5.41) is 0. The molecule has 0 radical (unpaired) electrons. The second-order valence-electron chi connectivity index (χ2n) is 7.77. The Labute approximate surface area is 122 Å².